The van der Waals surface area contributed by atoms with Crippen LogP contribution in [-0.2, 0) is 9.59 Å². The van der Waals surface area contributed by atoms with Gasteiger partial charge in [-0.15, -0.1) is 0 Å². The fourth-order valence-corrected chi connectivity index (χ4v) is 1.72. The molecular formula is C11H19N3O4. The topological polar surface area (TPSA) is 89.9 Å². The Kier molecular flexibility index (Phi) is 4.15. The zero-order valence-corrected chi connectivity index (χ0v) is 10.9. The van der Waals surface area contributed by atoms with Crippen molar-refractivity contribution < 1.29 is 19.5 Å². The van der Waals surface area contributed by atoms with E-state index in [1.165, 1.54) is 4.90 Å². The Labute approximate surface area is 106 Å². The highest BCUT2D eigenvalue weighted by atomic mass is 16.4. The molecule has 0 aromatic heterocycles. The zero-order chi connectivity index (χ0) is 13.9. The van der Waals surface area contributed by atoms with Crippen molar-refractivity contribution in [1.82, 2.24) is 15.1 Å². The van der Waals surface area contributed by atoms with E-state index in [1.807, 2.05) is 0 Å². The van der Waals surface area contributed by atoms with Crippen LogP contribution in [0.2, 0.25) is 0 Å². The number of carboxylic acids is 1. The van der Waals surface area contributed by atoms with Gasteiger partial charge in [0.2, 0.25) is 5.91 Å². The molecule has 7 nitrogen and oxygen atoms in total. The van der Waals surface area contributed by atoms with Crippen LogP contribution in [0.1, 0.15) is 20.3 Å². The minimum atomic E-state index is -0.977. The van der Waals surface area contributed by atoms with Crippen molar-refractivity contribution in [3.05, 3.63) is 0 Å². The number of nitrogens with one attached hydrogen (secondary N) is 1. The van der Waals surface area contributed by atoms with Crippen LogP contribution < -0.4 is 5.32 Å². The Morgan fingerprint density at radius 1 is 1.39 bits per heavy atom. The molecule has 1 rings (SSSR count). The van der Waals surface area contributed by atoms with Gasteiger partial charge in [0.25, 0.3) is 0 Å². The Morgan fingerprint density at radius 2 is 2.00 bits per heavy atom. The summed E-state index contributed by atoms with van der Waals surface area (Å²) in [6.45, 7) is 4.25. The third-order valence-electron chi connectivity index (χ3n) is 2.78. The van der Waals surface area contributed by atoms with E-state index in [1.54, 1.807) is 25.8 Å². The molecule has 0 radical (unpaired) electrons. The number of carbonyl (C=O) groups is 3. The first-order valence-electron chi connectivity index (χ1n) is 5.74. The van der Waals surface area contributed by atoms with E-state index < -0.39 is 17.5 Å². The number of hydrogen-bond donors (Lipinski definition) is 2. The van der Waals surface area contributed by atoms with Crippen LogP contribution in [0.15, 0.2) is 0 Å². The Morgan fingerprint density at radius 3 is 2.50 bits per heavy atom. The molecule has 0 atom stereocenters. The van der Waals surface area contributed by atoms with Crippen molar-refractivity contribution in [3.63, 3.8) is 0 Å². The minimum Gasteiger partial charge on any atom is -0.481 e. The van der Waals surface area contributed by atoms with Gasteiger partial charge in [-0.3, -0.25) is 9.59 Å². The van der Waals surface area contributed by atoms with Crippen molar-refractivity contribution in [1.29, 1.82) is 0 Å². The monoisotopic (exact) mass is 257 g/mol. The average molecular weight is 257 g/mol. The quantitative estimate of drug-likeness (QED) is 0.728. The molecule has 102 valence electrons. The van der Waals surface area contributed by atoms with Crippen LogP contribution in [-0.4, -0.2) is 65.0 Å². The summed E-state index contributed by atoms with van der Waals surface area (Å²) in [6.07, 6.45) is -0.166. The van der Waals surface area contributed by atoms with Crippen LogP contribution in [0.3, 0.4) is 0 Å². The average Bonchev–Trinajstić information content (AvgIpc) is 2.19. The highest BCUT2D eigenvalue weighted by molar-refractivity contribution is 5.85. The van der Waals surface area contributed by atoms with Crippen LogP contribution in [0.5, 0.6) is 0 Å². The summed E-state index contributed by atoms with van der Waals surface area (Å²) in [5.41, 5.74) is -0.838. The van der Waals surface area contributed by atoms with Crippen molar-refractivity contribution in [2.45, 2.75) is 25.8 Å². The number of hydrogen-bond acceptors (Lipinski definition) is 3. The van der Waals surface area contributed by atoms with E-state index in [-0.39, 0.29) is 18.9 Å². The molecule has 0 bridgehead atoms. The number of rotatable bonds is 3. The number of piperazine rings is 1. The Bertz CT molecular complexity index is 367. The van der Waals surface area contributed by atoms with Gasteiger partial charge in [-0.2, -0.15) is 0 Å². The summed E-state index contributed by atoms with van der Waals surface area (Å²) in [6, 6.07) is -0.400. The number of aliphatic carboxylic acids is 1. The Hall–Kier alpha value is -1.79. The van der Waals surface area contributed by atoms with Gasteiger partial charge in [-0.1, -0.05) is 0 Å². The molecule has 0 spiro atoms. The van der Waals surface area contributed by atoms with Gasteiger partial charge in [0, 0.05) is 25.7 Å². The first-order valence-corrected chi connectivity index (χ1v) is 5.74. The Balaban J connectivity index is 2.55. The maximum atomic E-state index is 11.9. The lowest BCUT2D eigenvalue weighted by Gasteiger charge is -2.34. The minimum absolute atomic E-state index is 0.0332. The van der Waals surface area contributed by atoms with Crippen molar-refractivity contribution in [2.75, 3.05) is 26.7 Å². The zero-order valence-electron chi connectivity index (χ0n) is 10.9. The van der Waals surface area contributed by atoms with Gasteiger partial charge in [-0.05, 0) is 13.8 Å². The number of urea groups is 1. The van der Waals surface area contributed by atoms with Crippen molar-refractivity contribution >= 4 is 17.9 Å². The number of amides is 3. The molecule has 3 amide bonds. The van der Waals surface area contributed by atoms with Gasteiger partial charge in [0.1, 0.15) is 6.54 Å². The third kappa shape index (κ3) is 3.90. The summed E-state index contributed by atoms with van der Waals surface area (Å²) in [5, 5.41) is 11.4. The number of carbonyl (C=O) groups excluding carboxylic acids is 2. The van der Waals surface area contributed by atoms with E-state index >= 15 is 0 Å². The first kappa shape index (κ1) is 14.3. The summed E-state index contributed by atoms with van der Waals surface area (Å²) < 4.78 is 0. The molecule has 0 aromatic rings. The first-order chi connectivity index (χ1) is 8.21. The number of carboxylic acid groups (broad SMARTS) is 1. The lowest BCUT2D eigenvalue weighted by Crippen LogP contribution is -2.57. The maximum Gasteiger partial charge on any atom is 0.318 e. The van der Waals surface area contributed by atoms with E-state index in [0.29, 0.717) is 13.1 Å². The highest BCUT2D eigenvalue weighted by Gasteiger charge is 2.29. The summed E-state index contributed by atoms with van der Waals surface area (Å²) in [7, 11) is 1.69. The molecule has 0 unspecified atom stereocenters. The molecular weight excluding hydrogens is 238 g/mol. The van der Waals surface area contributed by atoms with E-state index in [4.69, 9.17) is 5.11 Å². The van der Waals surface area contributed by atoms with Crippen LogP contribution in [0.25, 0.3) is 0 Å². The standard InChI is InChI=1S/C11H19N3O4/c1-11(2,6-9(16)17)12-10(18)14-5-4-13(3)8(15)7-14/h4-7H2,1-3H3,(H,12,18)(H,16,17). The smallest absolute Gasteiger partial charge is 0.318 e. The van der Waals surface area contributed by atoms with Gasteiger partial charge < -0.3 is 20.2 Å². The lowest BCUT2D eigenvalue weighted by atomic mass is 10.0. The fraction of sp³-hybridized carbons (Fsp3) is 0.727. The van der Waals surface area contributed by atoms with Crippen LogP contribution in [0, 0.1) is 0 Å². The second-order valence-electron chi connectivity index (χ2n) is 5.12. The molecule has 18 heavy (non-hydrogen) atoms. The van der Waals surface area contributed by atoms with Crippen molar-refractivity contribution in [2.24, 2.45) is 0 Å². The SMILES string of the molecule is CN1CCN(C(=O)NC(C)(C)CC(=O)O)CC1=O. The number of nitrogens with zero attached hydrogens (tertiary/aromatic N) is 2. The summed E-state index contributed by atoms with van der Waals surface area (Å²) in [4.78, 5) is 37.0. The predicted octanol–water partition coefficient (Wildman–Crippen LogP) is -0.277. The molecule has 0 saturated carbocycles. The largest absolute Gasteiger partial charge is 0.481 e. The van der Waals surface area contributed by atoms with Crippen LogP contribution >= 0.6 is 0 Å². The molecule has 2 N–H and O–H groups in total. The summed E-state index contributed by atoms with van der Waals surface area (Å²) in [5.74, 6) is -1.10. The fourth-order valence-electron chi connectivity index (χ4n) is 1.72. The molecule has 0 aliphatic carbocycles. The summed E-state index contributed by atoms with van der Waals surface area (Å²) >= 11 is 0. The van der Waals surface area contributed by atoms with E-state index in [2.05, 4.69) is 5.32 Å². The molecule has 1 fully saturated rings. The molecule has 0 aromatic carbocycles. The van der Waals surface area contributed by atoms with E-state index in [0.717, 1.165) is 0 Å². The van der Waals surface area contributed by atoms with Gasteiger partial charge in [0.15, 0.2) is 0 Å². The predicted molar refractivity (Wildman–Crippen MR) is 64.1 cm³/mol. The molecule has 1 aliphatic heterocycles. The third-order valence-corrected chi connectivity index (χ3v) is 2.78. The maximum absolute atomic E-state index is 11.9. The normalized spacial score (nSPS) is 16.7. The van der Waals surface area contributed by atoms with Gasteiger partial charge >= 0.3 is 12.0 Å². The second-order valence-corrected chi connectivity index (χ2v) is 5.12. The van der Waals surface area contributed by atoms with Gasteiger partial charge in [-0.25, -0.2) is 4.79 Å². The van der Waals surface area contributed by atoms with Crippen LogP contribution in [0.4, 0.5) is 4.79 Å². The highest BCUT2D eigenvalue weighted by Crippen LogP contribution is 2.10. The molecule has 1 heterocycles. The molecule has 1 saturated heterocycles. The van der Waals surface area contributed by atoms with Crippen molar-refractivity contribution in [3.8, 4) is 0 Å². The molecule has 1 aliphatic rings. The van der Waals surface area contributed by atoms with E-state index in [9.17, 15) is 14.4 Å². The van der Waals surface area contributed by atoms with Gasteiger partial charge in [0.05, 0.1) is 6.42 Å². The lowest BCUT2D eigenvalue weighted by molar-refractivity contribution is -0.138. The second kappa shape index (κ2) is 5.24. The number of likely N-dealkylation sites (N-methyl/N-ethyl adjacent to an activating group) is 1. The molecule has 7 heteroatoms.